The molecule has 0 amide bonds. The maximum absolute atomic E-state index is 11.9. The van der Waals surface area contributed by atoms with E-state index in [1.54, 1.807) is 12.1 Å². The fraction of sp³-hybridized carbons (Fsp3) is 0.455. The van der Waals surface area contributed by atoms with Gasteiger partial charge in [0.1, 0.15) is 0 Å². The second kappa shape index (κ2) is 10.4. The predicted molar refractivity (Wildman–Crippen MR) is 121 cm³/mol. The van der Waals surface area contributed by atoms with E-state index in [1.165, 1.54) is 24.8 Å². The Morgan fingerprint density at radius 1 is 0.719 bits per heavy atom. The van der Waals surface area contributed by atoms with E-state index >= 15 is 0 Å². The molecular weight excluding hydrogens is 448 g/mol. The van der Waals surface area contributed by atoms with Gasteiger partial charge in [0.05, 0.1) is 11.5 Å². The van der Waals surface area contributed by atoms with E-state index in [-0.39, 0.29) is 33.7 Å². The molecule has 0 unspecified atom stereocenters. The first-order valence-electron chi connectivity index (χ1n) is 10.5. The van der Waals surface area contributed by atoms with Crippen LogP contribution < -0.4 is 0 Å². The van der Waals surface area contributed by atoms with Gasteiger partial charge in [-0.2, -0.15) is 0 Å². The summed E-state index contributed by atoms with van der Waals surface area (Å²) in [6, 6.07) is 3.22. The first kappa shape index (κ1) is 24.2. The zero-order chi connectivity index (χ0) is 23.2. The van der Waals surface area contributed by atoms with Crippen molar-refractivity contribution >= 4 is 19.7 Å². The van der Waals surface area contributed by atoms with Crippen molar-refractivity contribution in [3.63, 3.8) is 0 Å². The number of hydrogen-bond donors (Lipinski definition) is 0. The standard InChI is InChI=1S/2C11H14N2O2S/c2*1-2-4-9-7-10(9)8-16(14,15)11-12-5-3-6-13-11/h2*2-6,9-10H,7-8H2,1H3/b2*4-2+/t2*9-,10-/m10/s1. The lowest BCUT2D eigenvalue weighted by Crippen LogP contribution is -2.12. The fourth-order valence-electron chi connectivity index (χ4n) is 3.50. The number of aromatic nitrogens is 4. The summed E-state index contributed by atoms with van der Waals surface area (Å²) in [5.74, 6) is 1.64. The van der Waals surface area contributed by atoms with E-state index in [4.69, 9.17) is 0 Å². The highest BCUT2D eigenvalue weighted by Crippen LogP contribution is 2.41. The molecule has 0 bridgehead atoms. The van der Waals surface area contributed by atoms with E-state index in [9.17, 15) is 16.8 Å². The summed E-state index contributed by atoms with van der Waals surface area (Å²) in [4.78, 5) is 15.1. The lowest BCUT2D eigenvalue weighted by atomic mass is 10.3. The maximum atomic E-state index is 11.9. The van der Waals surface area contributed by atoms with Crippen LogP contribution in [0, 0.1) is 23.7 Å². The zero-order valence-electron chi connectivity index (χ0n) is 18.1. The van der Waals surface area contributed by atoms with Crippen LogP contribution in [0.1, 0.15) is 26.7 Å². The largest absolute Gasteiger partial charge is 0.247 e. The number of rotatable bonds is 8. The van der Waals surface area contributed by atoms with Gasteiger partial charge in [-0.3, -0.25) is 0 Å². The Hall–Kier alpha value is -2.46. The minimum atomic E-state index is -3.30. The molecule has 0 aromatic carbocycles. The predicted octanol–water partition coefficient (Wildman–Crippen LogP) is 2.93. The molecule has 0 N–H and O–H groups in total. The Bertz CT molecular complexity index is 1060. The molecule has 8 nitrogen and oxygen atoms in total. The van der Waals surface area contributed by atoms with Gasteiger partial charge in [-0.05, 0) is 62.5 Å². The fourth-order valence-corrected chi connectivity index (χ4v) is 6.57. The first-order valence-corrected chi connectivity index (χ1v) is 13.8. The molecule has 0 spiro atoms. The number of allylic oxidation sites excluding steroid dienone is 4. The molecule has 2 aromatic rings. The van der Waals surface area contributed by atoms with Crippen molar-refractivity contribution in [3.8, 4) is 0 Å². The smallest absolute Gasteiger partial charge is 0.227 e. The van der Waals surface area contributed by atoms with Crippen LogP contribution in [-0.4, -0.2) is 48.3 Å². The third-order valence-electron chi connectivity index (χ3n) is 5.34. The summed E-state index contributed by atoms with van der Waals surface area (Å²) in [6.07, 6.45) is 15.8. The van der Waals surface area contributed by atoms with Crippen molar-refractivity contribution in [1.29, 1.82) is 0 Å². The van der Waals surface area contributed by atoms with E-state index in [1.807, 2.05) is 26.0 Å². The van der Waals surface area contributed by atoms with Gasteiger partial charge < -0.3 is 0 Å². The first-order chi connectivity index (χ1) is 15.3. The molecule has 0 radical (unpaired) electrons. The summed E-state index contributed by atoms with van der Waals surface area (Å²) in [5.41, 5.74) is 0. The number of sulfone groups is 2. The number of hydrogen-bond acceptors (Lipinski definition) is 8. The molecule has 2 saturated carbocycles. The molecule has 4 atom stereocenters. The van der Waals surface area contributed by atoms with Crippen LogP contribution >= 0.6 is 0 Å². The molecule has 172 valence electrons. The van der Waals surface area contributed by atoms with Crippen LogP contribution in [0.5, 0.6) is 0 Å². The molecule has 4 rings (SSSR count). The Morgan fingerprint density at radius 2 is 1.06 bits per heavy atom. The van der Waals surface area contributed by atoms with Crippen molar-refractivity contribution in [2.75, 3.05) is 11.5 Å². The monoisotopic (exact) mass is 476 g/mol. The average molecular weight is 477 g/mol. The summed E-state index contributed by atoms with van der Waals surface area (Å²) in [6.45, 7) is 3.90. The van der Waals surface area contributed by atoms with Crippen molar-refractivity contribution in [2.45, 2.75) is 37.0 Å². The molecule has 2 heterocycles. The van der Waals surface area contributed by atoms with Crippen LogP contribution in [-0.2, 0) is 19.7 Å². The Kier molecular flexibility index (Phi) is 7.89. The van der Waals surface area contributed by atoms with Crippen LogP contribution in [0.3, 0.4) is 0 Å². The quantitative estimate of drug-likeness (QED) is 0.421. The summed E-state index contributed by atoms with van der Waals surface area (Å²) >= 11 is 0. The molecule has 2 aliphatic rings. The van der Waals surface area contributed by atoms with E-state index in [0.717, 1.165) is 12.8 Å². The van der Waals surface area contributed by atoms with Gasteiger partial charge in [-0.25, -0.2) is 36.8 Å². The number of nitrogens with zero attached hydrogens (tertiary/aromatic N) is 4. The van der Waals surface area contributed by atoms with Gasteiger partial charge in [0.25, 0.3) is 0 Å². The van der Waals surface area contributed by atoms with Gasteiger partial charge >= 0.3 is 0 Å². The van der Waals surface area contributed by atoms with Crippen LogP contribution in [0.2, 0.25) is 0 Å². The Balaban J connectivity index is 0.000000181. The minimum absolute atomic E-state index is 0.0545. The zero-order valence-corrected chi connectivity index (χ0v) is 19.8. The Labute approximate surface area is 189 Å². The lowest BCUT2D eigenvalue weighted by molar-refractivity contribution is 0.580. The average Bonchev–Trinajstić information content (AvgIpc) is 3.69. The minimum Gasteiger partial charge on any atom is -0.227 e. The van der Waals surface area contributed by atoms with Crippen molar-refractivity contribution in [2.24, 2.45) is 23.7 Å². The molecule has 10 heteroatoms. The summed E-state index contributed by atoms with van der Waals surface area (Å²) in [7, 11) is -6.61. The highest BCUT2D eigenvalue weighted by Gasteiger charge is 2.40. The van der Waals surface area contributed by atoms with Gasteiger partial charge in [0.2, 0.25) is 30.0 Å². The van der Waals surface area contributed by atoms with Gasteiger partial charge in [-0.15, -0.1) is 0 Å². The molecule has 2 fully saturated rings. The summed E-state index contributed by atoms with van der Waals surface area (Å²) < 4.78 is 47.5. The van der Waals surface area contributed by atoms with Gasteiger partial charge in [0.15, 0.2) is 0 Å². The van der Waals surface area contributed by atoms with E-state index in [2.05, 4.69) is 32.1 Å². The third kappa shape index (κ3) is 6.77. The second-order valence-corrected chi connectivity index (χ2v) is 11.9. The van der Waals surface area contributed by atoms with Gasteiger partial charge in [0, 0.05) is 24.8 Å². The molecule has 0 saturated heterocycles. The molecule has 0 aliphatic heterocycles. The topological polar surface area (TPSA) is 120 Å². The highest BCUT2D eigenvalue weighted by atomic mass is 32.2. The van der Waals surface area contributed by atoms with Crippen molar-refractivity contribution in [1.82, 2.24) is 19.9 Å². The summed E-state index contributed by atoms with van der Waals surface area (Å²) in [5, 5.41) is -0.109. The molecule has 2 aromatic heterocycles. The second-order valence-electron chi connectivity index (χ2n) is 8.00. The molecule has 2 aliphatic carbocycles. The van der Waals surface area contributed by atoms with E-state index < -0.39 is 19.7 Å². The van der Waals surface area contributed by atoms with Gasteiger partial charge in [-0.1, -0.05) is 24.3 Å². The SMILES string of the molecule is C/C=C/[C@@H]1C[C@@H]1CS(=O)(=O)c1ncccn1.C/C=C/[C@H]1C[C@H]1CS(=O)(=O)c1ncccn1. The third-order valence-corrected chi connectivity index (χ3v) is 8.61. The molecule has 32 heavy (non-hydrogen) atoms. The lowest BCUT2D eigenvalue weighted by Gasteiger charge is -2.00. The van der Waals surface area contributed by atoms with Crippen molar-refractivity contribution < 1.29 is 16.8 Å². The molecular formula is C22H28N4O4S2. The normalized spacial score (nSPS) is 24.8. The van der Waals surface area contributed by atoms with Crippen LogP contribution in [0.4, 0.5) is 0 Å². The Morgan fingerprint density at radius 3 is 1.38 bits per heavy atom. The van der Waals surface area contributed by atoms with Crippen LogP contribution in [0.25, 0.3) is 0 Å². The van der Waals surface area contributed by atoms with Crippen LogP contribution in [0.15, 0.2) is 71.5 Å². The highest BCUT2D eigenvalue weighted by molar-refractivity contribution is 7.91. The maximum Gasteiger partial charge on any atom is 0.247 e. The van der Waals surface area contributed by atoms with Crippen molar-refractivity contribution in [3.05, 3.63) is 61.2 Å². The van der Waals surface area contributed by atoms with E-state index in [0.29, 0.717) is 11.8 Å².